The second-order valence-electron chi connectivity index (χ2n) is 9.52. The maximum Gasteiger partial charge on any atom is 0.409 e. The molecule has 0 aromatic carbocycles. The van der Waals surface area contributed by atoms with Gasteiger partial charge in [0.2, 0.25) is 0 Å². The van der Waals surface area contributed by atoms with Crippen LogP contribution < -0.4 is 5.32 Å². The first-order valence-electron chi connectivity index (χ1n) is 11.6. The van der Waals surface area contributed by atoms with Crippen LogP contribution >= 0.6 is 11.6 Å². The first kappa shape index (κ1) is 21.2. The SMILES string of the molecule is O=C(OCC1CC2OCOC2CC1Cl)N1CCC(N2C(O)NC3CCCCC32)CC1. The van der Waals surface area contributed by atoms with Crippen LogP contribution in [0.25, 0.3) is 0 Å². The number of alkyl halides is 1. The molecule has 0 spiro atoms. The molecule has 7 atom stereocenters. The number of amides is 1. The maximum atomic E-state index is 12.6. The smallest absolute Gasteiger partial charge is 0.409 e. The standard InChI is InChI=1S/C21H34ClN3O5/c22-15-10-19-18(29-12-30-19)9-13(15)11-28-21(27)24-7-5-14(6-8-24)25-17-4-2-1-3-16(17)23-20(25)26/h13-20,23,26H,1-12H2. The van der Waals surface area contributed by atoms with E-state index in [-0.39, 0.29) is 29.6 Å². The Labute approximate surface area is 183 Å². The van der Waals surface area contributed by atoms with Crippen LogP contribution in [0.4, 0.5) is 4.79 Å². The first-order chi connectivity index (χ1) is 14.6. The summed E-state index contributed by atoms with van der Waals surface area (Å²) in [6, 6.07) is 1.14. The summed E-state index contributed by atoms with van der Waals surface area (Å²) in [5, 5.41) is 13.8. The van der Waals surface area contributed by atoms with E-state index < -0.39 is 6.35 Å². The minimum Gasteiger partial charge on any atom is -0.449 e. The average molecular weight is 444 g/mol. The molecule has 7 unspecified atom stereocenters. The van der Waals surface area contributed by atoms with Crippen LogP contribution in [0.1, 0.15) is 51.4 Å². The molecule has 5 aliphatic rings. The van der Waals surface area contributed by atoms with E-state index in [0.717, 1.165) is 38.5 Å². The molecule has 170 valence electrons. The van der Waals surface area contributed by atoms with E-state index in [2.05, 4.69) is 10.2 Å². The molecule has 3 heterocycles. The molecule has 0 aromatic heterocycles. The number of carbonyl (C=O) groups is 1. The number of hydrogen-bond donors (Lipinski definition) is 2. The number of rotatable bonds is 3. The number of nitrogens with zero attached hydrogens (tertiary/aromatic N) is 2. The predicted molar refractivity (Wildman–Crippen MR) is 110 cm³/mol. The minimum atomic E-state index is -0.556. The molecule has 3 saturated heterocycles. The van der Waals surface area contributed by atoms with Crippen LogP contribution in [0.5, 0.6) is 0 Å². The summed E-state index contributed by atoms with van der Waals surface area (Å²) in [6.07, 6.45) is 7.37. The molecule has 0 bridgehead atoms. The number of aliphatic hydroxyl groups is 1. The zero-order chi connectivity index (χ0) is 20.7. The van der Waals surface area contributed by atoms with Crippen molar-refractivity contribution in [2.45, 2.75) is 93.4 Å². The summed E-state index contributed by atoms with van der Waals surface area (Å²) in [7, 11) is 0. The highest BCUT2D eigenvalue weighted by Crippen LogP contribution is 2.36. The van der Waals surface area contributed by atoms with E-state index in [1.54, 1.807) is 4.90 Å². The lowest BCUT2D eigenvalue weighted by atomic mass is 9.85. The molecule has 2 N–H and O–H groups in total. The third kappa shape index (κ3) is 4.19. The summed E-state index contributed by atoms with van der Waals surface area (Å²) in [5.74, 6) is 0.102. The number of fused-ring (bicyclic) bond motifs is 2. The van der Waals surface area contributed by atoms with Gasteiger partial charge in [-0.15, -0.1) is 11.6 Å². The largest absolute Gasteiger partial charge is 0.449 e. The van der Waals surface area contributed by atoms with Crippen LogP contribution in [0.2, 0.25) is 0 Å². The van der Waals surface area contributed by atoms with Crippen molar-refractivity contribution in [2.24, 2.45) is 5.92 Å². The molecule has 3 aliphatic heterocycles. The van der Waals surface area contributed by atoms with Crippen molar-refractivity contribution in [1.82, 2.24) is 15.1 Å². The fraction of sp³-hybridized carbons (Fsp3) is 0.952. The molecule has 0 aromatic rings. The van der Waals surface area contributed by atoms with Gasteiger partial charge in [0.25, 0.3) is 0 Å². The van der Waals surface area contributed by atoms with Crippen LogP contribution in [-0.2, 0) is 14.2 Å². The van der Waals surface area contributed by atoms with E-state index in [1.165, 1.54) is 12.8 Å². The lowest BCUT2D eigenvalue weighted by Crippen LogP contribution is -2.52. The number of halogens is 1. The van der Waals surface area contributed by atoms with Crippen molar-refractivity contribution in [3.8, 4) is 0 Å². The van der Waals surface area contributed by atoms with Gasteiger partial charge in [0, 0.05) is 42.5 Å². The molecule has 8 nitrogen and oxygen atoms in total. The van der Waals surface area contributed by atoms with Crippen molar-refractivity contribution < 1.29 is 24.1 Å². The monoisotopic (exact) mass is 443 g/mol. The normalized spacial score (nSPS) is 42.7. The Morgan fingerprint density at radius 2 is 1.83 bits per heavy atom. The third-order valence-corrected chi connectivity index (χ3v) is 8.34. The van der Waals surface area contributed by atoms with Crippen LogP contribution in [0.15, 0.2) is 0 Å². The molecule has 5 rings (SSSR count). The summed E-state index contributed by atoms with van der Waals surface area (Å²) >= 11 is 6.50. The van der Waals surface area contributed by atoms with E-state index in [9.17, 15) is 9.90 Å². The molecule has 5 fully saturated rings. The number of likely N-dealkylation sites (tertiary alicyclic amines) is 1. The van der Waals surface area contributed by atoms with Gasteiger partial charge >= 0.3 is 6.09 Å². The van der Waals surface area contributed by atoms with Crippen molar-refractivity contribution >= 4 is 17.7 Å². The van der Waals surface area contributed by atoms with Gasteiger partial charge in [-0.1, -0.05) is 12.8 Å². The van der Waals surface area contributed by atoms with Gasteiger partial charge in [-0.05, 0) is 38.5 Å². The highest BCUT2D eigenvalue weighted by Gasteiger charge is 2.45. The zero-order valence-corrected chi connectivity index (χ0v) is 18.2. The van der Waals surface area contributed by atoms with E-state index in [4.69, 9.17) is 25.8 Å². The van der Waals surface area contributed by atoms with Gasteiger partial charge in [0.05, 0.1) is 18.8 Å². The van der Waals surface area contributed by atoms with Gasteiger partial charge in [-0.25, -0.2) is 4.79 Å². The Morgan fingerprint density at radius 1 is 1.10 bits per heavy atom. The van der Waals surface area contributed by atoms with Gasteiger partial charge in [-0.2, -0.15) is 0 Å². The van der Waals surface area contributed by atoms with Crippen molar-refractivity contribution in [3.05, 3.63) is 0 Å². The van der Waals surface area contributed by atoms with E-state index in [1.807, 2.05) is 0 Å². The third-order valence-electron chi connectivity index (χ3n) is 7.81. The molecular formula is C21H34ClN3O5. The van der Waals surface area contributed by atoms with E-state index in [0.29, 0.717) is 44.6 Å². The highest BCUT2D eigenvalue weighted by atomic mass is 35.5. The quantitative estimate of drug-likeness (QED) is 0.644. The number of nitrogens with one attached hydrogen (secondary N) is 1. The molecule has 9 heteroatoms. The van der Waals surface area contributed by atoms with Crippen LogP contribution in [-0.4, -0.2) is 89.6 Å². The molecule has 2 aliphatic carbocycles. The second-order valence-corrected chi connectivity index (χ2v) is 10.1. The lowest BCUT2D eigenvalue weighted by Gasteiger charge is -2.41. The minimum absolute atomic E-state index is 0.0564. The second kappa shape index (κ2) is 9.08. The summed E-state index contributed by atoms with van der Waals surface area (Å²) in [5.41, 5.74) is 0. The Bertz CT molecular complexity index is 619. The molecule has 0 radical (unpaired) electrons. The van der Waals surface area contributed by atoms with Gasteiger partial charge in [0.1, 0.15) is 6.79 Å². The number of hydrogen-bond acceptors (Lipinski definition) is 7. The summed E-state index contributed by atoms with van der Waals surface area (Å²) in [6.45, 7) is 2.00. The number of ether oxygens (including phenoxy) is 3. The molecule has 1 amide bonds. The summed E-state index contributed by atoms with van der Waals surface area (Å²) < 4.78 is 16.8. The Balaban J connectivity index is 1.09. The van der Waals surface area contributed by atoms with E-state index >= 15 is 0 Å². The zero-order valence-electron chi connectivity index (χ0n) is 17.5. The lowest BCUT2D eigenvalue weighted by molar-refractivity contribution is -0.0434. The fourth-order valence-corrected chi connectivity index (χ4v) is 6.46. The highest BCUT2D eigenvalue weighted by molar-refractivity contribution is 6.20. The van der Waals surface area contributed by atoms with Crippen LogP contribution in [0.3, 0.4) is 0 Å². The Hall–Kier alpha value is -0.640. The number of carbonyl (C=O) groups excluding carboxylic acids is 1. The van der Waals surface area contributed by atoms with Crippen LogP contribution in [0, 0.1) is 5.92 Å². The van der Waals surface area contributed by atoms with Gasteiger partial charge < -0.3 is 24.2 Å². The topological polar surface area (TPSA) is 83.5 Å². The average Bonchev–Trinajstić information content (AvgIpc) is 3.34. The van der Waals surface area contributed by atoms with Gasteiger partial charge in [0.15, 0.2) is 6.35 Å². The van der Waals surface area contributed by atoms with Crippen molar-refractivity contribution in [3.63, 3.8) is 0 Å². The first-order valence-corrected chi connectivity index (χ1v) is 12.0. The molecular weight excluding hydrogens is 410 g/mol. The Kier molecular flexibility index (Phi) is 6.42. The predicted octanol–water partition coefficient (Wildman–Crippen LogP) is 1.84. The molecule has 2 saturated carbocycles. The Morgan fingerprint density at radius 3 is 2.63 bits per heavy atom. The number of aliphatic hydroxyl groups excluding tert-OH is 1. The van der Waals surface area contributed by atoms with Gasteiger partial charge in [-0.3, -0.25) is 10.2 Å². The van der Waals surface area contributed by atoms with Crippen molar-refractivity contribution in [2.75, 3.05) is 26.5 Å². The fourth-order valence-electron chi connectivity index (χ4n) is 6.11. The summed E-state index contributed by atoms with van der Waals surface area (Å²) in [4.78, 5) is 16.7. The van der Waals surface area contributed by atoms with Crippen molar-refractivity contribution in [1.29, 1.82) is 0 Å². The maximum absolute atomic E-state index is 12.6. The number of piperidine rings is 1. The molecule has 30 heavy (non-hydrogen) atoms.